The van der Waals surface area contributed by atoms with E-state index in [0.717, 1.165) is 36.0 Å². The van der Waals surface area contributed by atoms with Gasteiger partial charge in [0, 0.05) is 49.6 Å². The molecule has 10 heteroatoms. The number of hydrogen-bond donors (Lipinski definition) is 1. The highest BCUT2D eigenvalue weighted by atomic mass is 32.2. The van der Waals surface area contributed by atoms with Crippen LogP contribution in [0.15, 0.2) is 35.4 Å². The van der Waals surface area contributed by atoms with Crippen LogP contribution in [-0.2, 0) is 9.47 Å². The first kappa shape index (κ1) is 25.5. The summed E-state index contributed by atoms with van der Waals surface area (Å²) in [6.07, 6.45) is 1.30. The van der Waals surface area contributed by atoms with E-state index in [1.165, 1.54) is 7.11 Å². The molecule has 1 aliphatic rings. The maximum absolute atomic E-state index is 12.4. The van der Waals surface area contributed by atoms with Gasteiger partial charge < -0.3 is 24.7 Å². The van der Waals surface area contributed by atoms with Gasteiger partial charge in [-0.25, -0.2) is 9.59 Å². The van der Waals surface area contributed by atoms with E-state index >= 15 is 0 Å². The van der Waals surface area contributed by atoms with Gasteiger partial charge >= 0.3 is 12.1 Å². The van der Waals surface area contributed by atoms with Crippen LogP contribution in [0.2, 0.25) is 0 Å². The number of ether oxygens (including phenoxy) is 2. The molecule has 0 atom stereocenters. The summed E-state index contributed by atoms with van der Waals surface area (Å²) < 4.78 is 12.0. The third-order valence-corrected chi connectivity index (χ3v) is 6.40. The predicted molar refractivity (Wildman–Crippen MR) is 131 cm³/mol. The lowest BCUT2D eigenvalue weighted by Crippen LogP contribution is -2.50. The number of nitrogens with zero attached hydrogens (tertiary/aromatic N) is 4. The first-order valence-electron chi connectivity index (χ1n) is 11.1. The second-order valence-corrected chi connectivity index (χ2v) is 10.0. The Balaban J connectivity index is 1.63. The minimum atomic E-state index is -0.596. The number of methoxy groups -OCH3 is 1. The molecule has 1 aromatic heterocycles. The largest absolute Gasteiger partial charge is 0.464 e. The molecule has 34 heavy (non-hydrogen) atoms. The summed E-state index contributed by atoms with van der Waals surface area (Å²) >= 11 is 1.66. The number of carbonyl (C=O) groups excluding carboxylic acids is 2. The number of carbonyl (C=O) groups is 2. The predicted octanol–water partition coefficient (Wildman–Crippen LogP) is 3.36. The Hall–Kier alpha value is -3.16. The monoisotopic (exact) mass is 485 g/mol. The van der Waals surface area contributed by atoms with Gasteiger partial charge in [0.25, 0.3) is 0 Å². The quantitative estimate of drug-likeness (QED) is 0.489. The number of nitriles is 1. The Bertz CT molecular complexity index is 1080. The molecular formula is C24H31N5O4S. The number of thioether (sulfide) groups is 1. The van der Waals surface area contributed by atoms with Gasteiger partial charge in [-0.15, -0.1) is 11.8 Å². The molecule has 1 aliphatic heterocycles. The minimum absolute atomic E-state index is 0.108. The first-order chi connectivity index (χ1) is 16.1. The lowest BCUT2D eigenvalue weighted by atomic mass is 10.2. The highest BCUT2D eigenvalue weighted by Gasteiger charge is 2.26. The third kappa shape index (κ3) is 6.04. The Morgan fingerprint density at radius 3 is 2.47 bits per heavy atom. The summed E-state index contributed by atoms with van der Waals surface area (Å²) in [5, 5.41) is 9.38. The van der Waals surface area contributed by atoms with E-state index in [-0.39, 0.29) is 23.0 Å². The topological polar surface area (TPSA) is 114 Å². The number of hydrogen-bond acceptors (Lipinski definition) is 8. The van der Waals surface area contributed by atoms with Crippen molar-refractivity contribution in [3.05, 3.63) is 41.7 Å². The summed E-state index contributed by atoms with van der Waals surface area (Å²) in [7, 11) is 1.29. The zero-order valence-electron chi connectivity index (χ0n) is 20.0. The van der Waals surface area contributed by atoms with Crippen LogP contribution in [0.1, 0.15) is 36.8 Å². The number of nitrogens with two attached hydrogens (primary N) is 1. The van der Waals surface area contributed by atoms with E-state index in [4.69, 9.17) is 15.2 Å². The number of amides is 1. The molecule has 0 aliphatic carbocycles. The van der Waals surface area contributed by atoms with E-state index in [2.05, 4.69) is 4.90 Å². The second-order valence-electron chi connectivity index (χ2n) is 8.90. The van der Waals surface area contributed by atoms with Gasteiger partial charge in [-0.3, -0.25) is 4.90 Å². The highest BCUT2D eigenvalue weighted by molar-refractivity contribution is 7.99. The molecule has 2 N–H and O–H groups in total. The summed E-state index contributed by atoms with van der Waals surface area (Å²) in [5.41, 5.74) is 6.79. The average Bonchev–Trinajstić information content (AvgIpc) is 3.14. The van der Waals surface area contributed by atoms with Crippen LogP contribution in [0.25, 0.3) is 5.69 Å². The Kier molecular flexibility index (Phi) is 8.12. The maximum Gasteiger partial charge on any atom is 0.410 e. The summed E-state index contributed by atoms with van der Waals surface area (Å²) in [4.78, 5) is 29.6. The van der Waals surface area contributed by atoms with Gasteiger partial charge in [0.05, 0.1) is 24.0 Å². The molecular weight excluding hydrogens is 454 g/mol. The van der Waals surface area contributed by atoms with Crippen LogP contribution in [0.5, 0.6) is 0 Å². The van der Waals surface area contributed by atoms with E-state index in [9.17, 15) is 14.9 Å². The Labute approximate surface area is 204 Å². The fourth-order valence-electron chi connectivity index (χ4n) is 3.65. The van der Waals surface area contributed by atoms with Crippen molar-refractivity contribution in [1.29, 1.82) is 5.26 Å². The number of aromatic nitrogens is 1. The molecule has 3 rings (SSSR count). The standard InChI is InChI=1S/C24H31N5O4S/c1-24(2,3)33-23(31)28-11-9-27(10-12-28)13-14-34-19-8-6-5-7-18(19)29-16-17(15-25)20(26)21(29)22(30)32-4/h5-8,16H,9-14,26H2,1-4H3. The van der Waals surface area contributed by atoms with Crippen molar-refractivity contribution in [1.82, 2.24) is 14.4 Å². The van der Waals surface area contributed by atoms with Crippen molar-refractivity contribution < 1.29 is 19.1 Å². The van der Waals surface area contributed by atoms with Gasteiger partial charge in [0.2, 0.25) is 0 Å². The smallest absolute Gasteiger partial charge is 0.410 e. The lowest BCUT2D eigenvalue weighted by molar-refractivity contribution is 0.0150. The molecule has 1 amide bonds. The van der Waals surface area contributed by atoms with Crippen LogP contribution < -0.4 is 5.73 Å². The van der Waals surface area contributed by atoms with Gasteiger partial charge in [-0.2, -0.15) is 5.26 Å². The van der Waals surface area contributed by atoms with Gasteiger partial charge in [0.1, 0.15) is 11.7 Å². The molecule has 1 aromatic carbocycles. The fourth-order valence-corrected chi connectivity index (χ4v) is 4.71. The SMILES string of the molecule is COC(=O)c1c(N)c(C#N)cn1-c1ccccc1SCCN1CCN(C(=O)OC(C)(C)C)CC1. The second kappa shape index (κ2) is 10.8. The van der Waals surface area contributed by atoms with Crippen molar-refractivity contribution in [3.8, 4) is 11.8 Å². The normalized spacial score (nSPS) is 14.5. The zero-order chi connectivity index (χ0) is 24.9. The molecule has 0 bridgehead atoms. The van der Waals surface area contributed by atoms with E-state index in [1.807, 2.05) is 51.1 Å². The van der Waals surface area contributed by atoms with Crippen molar-refractivity contribution in [2.45, 2.75) is 31.3 Å². The number of rotatable bonds is 6. The van der Waals surface area contributed by atoms with Crippen LogP contribution in [0.3, 0.4) is 0 Å². The molecule has 0 spiro atoms. The Morgan fingerprint density at radius 1 is 1.18 bits per heavy atom. The van der Waals surface area contributed by atoms with Gasteiger partial charge in [0.15, 0.2) is 5.69 Å². The fraction of sp³-hybridized carbons (Fsp3) is 0.458. The molecule has 0 radical (unpaired) electrons. The van der Waals surface area contributed by atoms with Crippen molar-refractivity contribution in [3.63, 3.8) is 0 Å². The lowest BCUT2D eigenvalue weighted by Gasteiger charge is -2.35. The van der Waals surface area contributed by atoms with E-state index in [0.29, 0.717) is 13.1 Å². The number of esters is 1. The Morgan fingerprint density at radius 2 is 1.85 bits per heavy atom. The summed E-state index contributed by atoms with van der Waals surface area (Å²) in [6.45, 7) is 9.30. The number of benzene rings is 1. The van der Waals surface area contributed by atoms with Crippen LogP contribution in [0.4, 0.5) is 10.5 Å². The summed E-state index contributed by atoms with van der Waals surface area (Å²) in [6, 6.07) is 9.70. The maximum atomic E-state index is 12.4. The van der Waals surface area contributed by atoms with E-state index < -0.39 is 11.6 Å². The first-order valence-corrected chi connectivity index (χ1v) is 12.0. The minimum Gasteiger partial charge on any atom is -0.464 e. The van der Waals surface area contributed by atoms with Crippen molar-refractivity contribution in [2.24, 2.45) is 0 Å². The van der Waals surface area contributed by atoms with Crippen LogP contribution >= 0.6 is 11.8 Å². The van der Waals surface area contributed by atoms with Gasteiger partial charge in [-0.05, 0) is 32.9 Å². The molecule has 9 nitrogen and oxygen atoms in total. The number of nitrogen functional groups attached to an aromatic ring is 1. The van der Waals surface area contributed by atoms with Crippen molar-refractivity contribution >= 4 is 29.5 Å². The van der Waals surface area contributed by atoms with Gasteiger partial charge in [-0.1, -0.05) is 12.1 Å². The molecule has 1 fully saturated rings. The molecule has 2 heterocycles. The van der Waals surface area contributed by atoms with Crippen LogP contribution in [-0.4, -0.2) is 77.6 Å². The van der Waals surface area contributed by atoms with Crippen molar-refractivity contribution in [2.75, 3.05) is 51.3 Å². The number of piperazine rings is 1. The highest BCUT2D eigenvalue weighted by Crippen LogP contribution is 2.31. The number of anilines is 1. The molecule has 182 valence electrons. The van der Waals surface area contributed by atoms with Crippen LogP contribution in [0, 0.1) is 11.3 Å². The molecule has 0 saturated carbocycles. The summed E-state index contributed by atoms with van der Waals surface area (Å²) in [5.74, 6) is 0.223. The molecule has 2 aromatic rings. The molecule has 0 unspecified atom stereocenters. The third-order valence-electron chi connectivity index (χ3n) is 5.36. The molecule has 1 saturated heterocycles. The van der Waals surface area contributed by atoms with E-state index in [1.54, 1.807) is 27.4 Å². The number of para-hydroxylation sites is 1. The zero-order valence-corrected chi connectivity index (χ0v) is 20.9. The average molecular weight is 486 g/mol.